The number of hydrogen-bond acceptors (Lipinski definition) is 4. The lowest BCUT2D eigenvalue weighted by Crippen LogP contribution is -2.45. The molecule has 1 aliphatic rings. The Morgan fingerprint density at radius 2 is 2.05 bits per heavy atom. The predicted molar refractivity (Wildman–Crippen MR) is 68.0 cm³/mol. The Morgan fingerprint density at radius 1 is 1.37 bits per heavy atom. The number of Topliss-reactive ketones (excluding diaryl/α,β-unsaturated/α-hetero) is 1. The summed E-state index contributed by atoms with van der Waals surface area (Å²) < 4.78 is 0. The monoisotopic (exact) mass is 262 g/mol. The summed E-state index contributed by atoms with van der Waals surface area (Å²) in [6, 6.07) is 5.93. The topological polar surface area (TPSA) is 86.7 Å². The minimum Gasteiger partial charge on any atom is -0.480 e. The molecule has 1 unspecified atom stereocenters. The minimum absolute atomic E-state index is 0.00634. The number of hydrogen-bond donors (Lipinski definition) is 2. The van der Waals surface area contributed by atoms with Crippen molar-refractivity contribution >= 4 is 23.3 Å². The average Bonchev–Trinajstić information content (AvgIpc) is 2.64. The molecule has 1 heterocycles. The molecule has 100 valence electrons. The van der Waals surface area contributed by atoms with E-state index in [2.05, 4.69) is 5.32 Å². The van der Waals surface area contributed by atoms with Crippen molar-refractivity contribution in [3.05, 3.63) is 29.8 Å². The Kier molecular flexibility index (Phi) is 3.62. The number of nitrogens with zero attached hydrogens (tertiary/aromatic N) is 1. The van der Waals surface area contributed by atoms with Gasteiger partial charge in [0.15, 0.2) is 0 Å². The molecule has 1 amide bonds. The maximum absolute atomic E-state index is 11.8. The van der Waals surface area contributed by atoms with Crippen LogP contribution in [-0.2, 0) is 9.59 Å². The second kappa shape index (κ2) is 5.19. The van der Waals surface area contributed by atoms with Gasteiger partial charge in [0.05, 0.1) is 17.9 Å². The highest BCUT2D eigenvalue weighted by Crippen LogP contribution is 2.27. The summed E-state index contributed by atoms with van der Waals surface area (Å²) in [4.78, 5) is 35.7. The van der Waals surface area contributed by atoms with Gasteiger partial charge < -0.3 is 5.11 Å². The van der Waals surface area contributed by atoms with Crippen LogP contribution < -0.4 is 10.2 Å². The number of aliphatic carboxylic acids is 1. The van der Waals surface area contributed by atoms with Crippen LogP contribution in [0.25, 0.3) is 0 Å². The quantitative estimate of drug-likeness (QED) is 0.760. The van der Waals surface area contributed by atoms with Crippen LogP contribution in [0.2, 0.25) is 0 Å². The summed E-state index contributed by atoms with van der Waals surface area (Å²) in [7, 11) is 0. The molecule has 6 nitrogen and oxygen atoms in total. The maximum atomic E-state index is 11.8. The van der Waals surface area contributed by atoms with E-state index in [9.17, 15) is 14.4 Å². The van der Waals surface area contributed by atoms with Crippen molar-refractivity contribution in [3.63, 3.8) is 0 Å². The van der Waals surface area contributed by atoms with Gasteiger partial charge in [-0.25, -0.2) is 0 Å². The van der Waals surface area contributed by atoms with E-state index in [4.69, 9.17) is 5.11 Å². The fraction of sp³-hybridized carbons (Fsp3) is 0.308. The van der Waals surface area contributed by atoms with E-state index in [1.807, 2.05) is 0 Å². The van der Waals surface area contributed by atoms with E-state index >= 15 is 0 Å². The summed E-state index contributed by atoms with van der Waals surface area (Å²) in [5, 5.41) is 11.7. The molecule has 0 spiro atoms. The van der Waals surface area contributed by atoms with Gasteiger partial charge >= 0.3 is 11.9 Å². The molecular formula is C13H14N2O4. The highest BCUT2D eigenvalue weighted by molar-refractivity contribution is 6.52. The van der Waals surface area contributed by atoms with Crippen molar-refractivity contribution in [3.8, 4) is 0 Å². The van der Waals surface area contributed by atoms with Gasteiger partial charge in [-0.2, -0.15) is 0 Å². The Morgan fingerprint density at radius 3 is 2.68 bits per heavy atom. The van der Waals surface area contributed by atoms with E-state index in [1.54, 1.807) is 31.2 Å². The summed E-state index contributed by atoms with van der Waals surface area (Å²) in [6.07, 6.45) is 0.396. The van der Waals surface area contributed by atoms with Gasteiger partial charge in [0.1, 0.15) is 6.04 Å². The Labute approximate surface area is 110 Å². The average molecular weight is 262 g/mol. The first-order valence-electron chi connectivity index (χ1n) is 5.97. The van der Waals surface area contributed by atoms with Crippen LogP contribution in [0, 0.1) is 0 Å². The molecule has 19 heavy (non-hydrogen) atoms. The molecule has 2 rings (SSSR count). The van der Waals surface area contributed by atoms with Crippen LogP contribution >= 0.6 is 0 Å². The molecule has 6 heteroatoms. The van der Waals surface area contributed by atoms with Crippen molar-refractivity contribution in [1.82, 2.24) is 5.32 Å². The van der Waals surface area contributed by atoms with Crippen LogP contribution in [0.5, 0.6) is 0 Å². The third-order valence-electron chi connectivity index (χ3n) is 3.08. The molecule has 2 N–H and O–H groups in total. The van der Waals surface area contributed by atoms with Crippen LogP contribution in [0.15, 0.2) is 24.3 Å². The Hall–Kier alpha value is -2.21. The van der Waals surface area contributed by atoms with Crippen molar-refractivity contribution in [1.29, 1.82) is 0 Å². The van der Waals surface area contributed by atoms with E-state index in [1.165, 1.54) is 4.90 Å². The molecule has 1 aliphatic heterocycles. The van der Waals surface area contributed by atoms with Crippen molar-refractivity contribution in [2.24, 2.45) is 0 Å². The van der Waals surface area contributed by atoms with Crippen molar-refractivity contribution in [2.45, 2.75) is 19.4 Å². The molecule has 0 bridgehead atoms. The van der Waals surface area contributed by atoms with E-state index in [0.29, 0.717) is 17.7 Å². The zero-order chi connectivity index (χ0) is 14.0. The number of carboxylic acid groups (broad SMARTS) is 1. The van der Waals surface area contributed by atoms with E-state index in [0.717, 1.165) is 0 Å². The number of ketones is 1. The molecule has 0 aromatic heterocycles. The smallest absolute Gasteiger partial charge is 0.320 e. The van der Waals surface area contributed by atoms with Gasteiger partial charge in [-0.05, 0) is 18.6 Å². The number of para-hydroxylation sites is 1. The Bertz CT molecular complexity index is 541. The first-order valence-corrected chi connectivity index (χ1v) is 5.97. The van der Waals surface area contributed by atoms with E-state index in [-0.39, 0.29) is 6.67 Å². The van der Waals surface area contributed by atoms with Crippen molar-refractivity contribution < 1.29 is 19.5 Å². The first kappa shape index (κ1) is 13.2. The summed E-state index contributed by atoms with van der Waals surface area (Å²) in [5.74, 6) is -2.16. The molecule has 1 atom stereocenters. The fourth-order valence-corrected chi connectivity index (χ4v) is 2.01. The molecule has 0 saturated heterocycles. The number of carboxylic acids is 1. The third kappa shape index (κ3) is 2.34. The minimum atomic E-state index is -0.978. The predicted octanol–water partition coefficient (Wildman–Crippen LogP) is 0.626. The van der Waals surface area contributed by atoms with Gasteiger partial charge in [-0.1, -0.05) is 19.1 Å². The van der Waals surface area contributed by atoms with E-state index < -0.39 is 23.7 Å². The summed E-state index contributed by atoms with van der Waals surface area (Å²) in [6.45, 7) is 1.74. The maximum Gasteiger partial charge on any atom is 0.320 e. The standard InChI is InChI=1S/C13H14N2O4/c1-2-9(13(18)19)14-7-15-10-6-4-3-5-8(10)11(16)12(15)17/h3-6,9,14H,2,7H2,1H3,(H,18,19). The molecule has 0 fully saturated rings. The zero-order valence-electron chi connectivity index (χ0n) is 10.4. The first-order chi connectivity index (χ1) is 9.06. The lowest BCUT2D eigenvalue weighted by Gasteiger charge is -2.20. The number of amides is 1. The number of anilines is 1. The van der Waals surface area contributed by atoms with Crippen LogP contribution in [-0.4, -0.2) is 35.5 Å². The molecule has 1 aromatic carbocycles. The van der Waals surface area contributed by atoms with Crippen LogP contribution in [0.3, 0.4) is 0 Å². The number of nitrogens with one attached hydrogen (secondary N) is 1. The number of carbonyl (C=O) groups excluding carboxylic acids is 2. The van der Waals surface area contributed by atoms with Gasteiger partial charge in [0, 0.05) is 0 Å². The molecule has 0 saturated carbocycles. The highest BCUT2D eigenvalue weighted by atomic mass is 16.4. The molecule has 1 aromatic rings. The fourth-order valence-electron chi connectivity index (χ4n) is 2.01. The normalized spacial score (nSPS) is 15.5. The van der Waals surface area contributed by atoms with Crippen LogP contribution in [0.4, 0.5) is 5.69 Å². The third-order valence-corrected chi connectivity index (χ3v) is 3.08. The second-order valence-corrected chi connectivity index (χ2v) is 4.24. The van der Waals surface area contributed by atoms with Gasteiger partial charge in [0.2, 0.25) is 0 Å². The van der Waals surface area contributed by atoms with Crippen molar-refractivity contribution in [2.75, 3.05) is 11.6 Å². The number of rotatable bonds is 5. The largest absolute Gasteiger partial charge is 0.480 e. The number of benzene rings is 1. The Balaban J connectivity index is 2.15. The zero-order valence-corrected chi connectivity index (χ0v) is 10.4. The number of fused-ring (bicyclic) bond motifs is 1. The SMILES string of the molecule is CCC(NCN1C(=O)C(=O)c2ccccc21)C(=O)O. The molecule has 0 aliphatic carbocycles. The lowest BCUT2D eigenvalue weighted by atomic mass is 10.1. The highest BCUT2D eigenvalue weighted by Gasteiger charge is 2.35. The summed E-state index contributed by atoms with van der Waals surface area (Å²) >= 11 is 0. The second-order valence-electron chi connectivity index (χ2n) is 4.24. The van der Waals surface area contributed by atoms with Gasteiger partial charge in [-0.15, -0.1) is 0 Å². The van der Waals surface area contributed by atoms with Gasteiger partial charge in [-0.3, -0.25) is 24.6 Å². The number of carbonyl (C=O) groups is 3. The van der Waals surface area contributed by atoms with Gasteiger partial charge in [0.25, 0.3) is 5.78 Å². The van der Waals surface area contributed by atoms with Crippen LogP contribution in [0.1, 0.15) is 23.7 Å². The lowest BCUT2D eigenvalue weighted by molar-refractivity contribution is -0.139. The molecular weight excluding hydrogens is 248 g/mol. The summed E-state index contributed by atoms with van der Waals surface area (Å²) in [5.41, 5.74) is 0.878. The molecule has 0 radical (unpaired) electrons.